The van der Waals surface area contributed by atoms with Crippen LogP contribution in [-0.4, -0.2) is 18.8 Å². The fraction of sp³-hybridized carbons (Fsp3) is 1.00. The summed E-state index contributed by atoms with van der Waals surface area (Å²) in [7, 11) is 0. The third kappa shape index (κ3) is 4.06. The van der Waals surface area contributed by atoms with Crippen LogP contribution in [0.2, 0.25) is 0 Å². The van der Waals surface area contributed by atoms with Gasteiger partial charge in [0, 0.05) is 6.61 Å². The van der Waals surface area contributed by atoms with E-state index in [9.17, 15) is 0 Å². The second-order valence-electron chi connectivity index (χ2n) is 6.03. The van der Waals surface area contributed by atoms with Crippen molar-refractivity contribution in [1.82, 2.24) is 0 Å². The molecule has 2 N–H and O–H groups in total. The molecule has 0 aromatic rings. The quantitative estimate of drug-likeness (QED) is 0.705. The summed E-state index contributed by atoms with van der Waals surface area (Å²) in [6, 6.07) is 0. The zero-order valence-corrected chi connectivity index (χ0v) is 11.3. The second kappa shape index (κ2) is 6.02. The van der Waals surface area contributed by atoms with Crippen molar-refractivity contribution < 1.29 is 4.74 Å². The van der Waals surface area contributed by atoms with Gasteiger partial charge in [-0.1, -0.05) is 26.2 Å². The fourth-order valence-corrected chi connectivity index (χ4v) is 3.19. The normalized spacial score (nSPS) is 29.2. The molecule has 0 amide bonds. The minimum atomic E-state index is 0.0552. The van der Waals surface area contributed by atoms with E-state index >= 15 is 0 Å². The molecule has 1 rings (SSSR count). The molecule has 1 unspecified atom stereocenters. The summed E-state index contributed by atoms with van der Waals surface area (Å²) in [6.07, 6.45) is 8.91. The molecule has 1 heterocycles. The molecular formula is C14H29NO. The smallest absolute Gasteiger partial charge is 0.0631 e. The Bertz CT molecular complexity index is 199. The van der Waals surface area contributed by atoms with Crippen molar-refractivity contribution >= 4 is 0 Å². The maximum Gasteiger partial charge on any atom is 0.0631 e. The van der Waals surface area contributed by atoms with E-state index in [-0.39, 0.29) is 5.60 Å². The molecule has 1 saturated heterocycles. The van der Waals surface area contributed by atoms with Gasteiger partial charge in [0.2, 0.25) is 0 Å². The first kappa shape index (κ1) is 14.0. The molecule has 16 heavy (non-hydrogen) atoms. The zero-order chi connectivity index (χ0) is 12.1. The first-order valence-electron chi connectivity index (χ1n) is 6.88. The van der Waals surface area contributed by atoms with Gasteiger partial charge in [0.1, 0.15) is 0 Å². The van der Waals surface area contributed by atoms with Crippen LogP contribution in [0.1, 0.15) is 65.7 Å². The second-order valence-corrected chi connectivity index (χ2v) is 6.03. The highest BCUT2D eigenvalue weighted by atomic mass is 16.5. The molecule has 1 atom stereocenters. The van der Waals surface area contributed by atoms with E-state index in [4.69, 9.17) is 10.5 Å². The van der Waals surface area contributed by atoms with Gasteiger partial charge in [-0.05, 0) is 51.5 Å². The standard InChI is InChI=1S/C14H29NO/c1-4-5-6-7-14(8-10-15)9-11-16-13(2,3)12-14/h4-12,15H2,1-3H3. The highest BCUT2D eigenvalue weighted by Crippen LogP contribution is 2.44. The lowest BCUT2D eigenvalue weighted by Gasteiger charge is -2.45. The molecule has 0 saturated carbocycles. The predicted octanol–water partition coefficient (Wildman–Crippen LogP) is 3.49. The van der Waals surface area contributed by atoms with Crippen molar-refractivity contribution in [2.45, 2.75) is 71.3 Å². The van der Waals surface area contributed by atoms with Crippen LogP contribution in [-0.2, 0) is 4.74 Å². The number of hydrogen-bond donors (Lipinski definition) is 1. The van der Waals surface area contributed by atoms with Gasteiger partial charge in [-0.25, -0.2) is 0 Å². The lowest BCUT2D eigenvalue weighted by Crippen LogP contribution is -2.42. The monoisotopic (exact) mass is 227 g/mol. The number of unbranched alkanes of at least 4 members (excludes halogenated alkanes) is 2. The molecule has 0 aromatic heterocycles. The van der Waals surface area contributed by atoms with Crippen molar-refractivity contribution in [3.8, 4) is 0 Å². The Morgan fingerprint density at radius 3 is 2.50 bits per heavy atom. The molecule has 96 valence electrons. The van der Waals surface area contributed by atoms with E-state index in [1.54, 1.807) is 0 Å². The summed E-state index contributed by atoms with van der Waals surface area (Å²) in [4.78, 5) is 0. The van der Waals surface area contributed by atoms with Gasteiger partial charge in [-0.3, -0.25) is 0 Å². The van der Waals surface area contributed by atoms with Crippen LogP contribution in [0.4, 0.5) is 0 Å². The lowest BCUT2D eigenvalue weighted by atomic mass is 9.69. The average Bonchev–Trinajstić information content (AvgIpc) is 2.17. The van der Waals surface area contributed by atoms with Crippen molar-refractivity contribution in [2.24, 2.45) is 11.1 Å². The summed E-state index contributed by atoms with van der Waals surface area (Å²) >= 11 is 0. The first-order valence-corrected chi connectivity index (χ1v) is 6.88. The Morgan fingerprint density at radius 1 is 1.19 bits per heavy atom. The van der Waals surface area contributed by atoms with Gasteiger partial charge < -0.3 is 10.5 Å². The van der Waals surface area contributed by atoms with Crippen molar-refractivity contribution in [3.63, 3.8) is 0 Å². The topological polar surface area (TPSA) is 35.2 Å². The molecule has 2 nitrogen and oxygen atoms in total. The van der Waals surface area contributed by atoms with E-state index < -0.39 is 0 Å². The highest BCUT2D eigenvalue weighted by molar-refractivity contribution is 4.90. The molecule has 1 fully saturated rings. The molecule has 1 aliphatic heterocycles. The van der Waals surface area contributed by atoms with Crippen LogP contribution in [0.5, 0.6) is 0 Å². The van der Waals surface area contributed by atoms with Gasteiger partial charge in [-0.15, -0.1) is 0 Å². The van der Waals surface area contributed by atoms with E-state index in [0.29, 0.717) is 5.41 Å². The molecule has 2 heteroatoms. The number of rotatable bonds is 6. The molecule has 1 aliphatic rings. The minimum Gasteiger partial charge on any atom is -0.376 e. The van der Waals surface area contributed by atoms with Gasteiger partial charge in [0.15, 0.2) is 0 Å². The van der Waals surface area contributed by atoms with E-state index in [1.807, 2.05) is 0 Å². The zero-order valence-electron chi connectivity index (χ0n) is 11.3. The lowest BCUT2D eigenvalue weighted by molar-refractivity contribution is -0.109. The van der Waals surface area contributed by atoms with Gasteiger partial charge >= 0.3 is 0 Å². The van der Waals surface area contributed by atoms with Crippen LogP contribution in [0.25, 0.3) is 0 Å². The Morgan fingerprint density at radius 2 is 1.94 bits per heavy atom. The van der Waals surface area contributed by atoms with Crippen molar-refractivity contribution in [3.05, 3.63) is 0 Å². The highest BCUT2D eigenvalue weighted by Gasteiger charge is 2.39. The molecule has 0 spiro atoms. The molecule has 0 bridgehead atoms. The molecule has 0 aliphatic carbocycles. The van der Waals surface area contributed by atoms with Crippen LogP contribution in [0.15, 0.2) is 0 Å². The summed E-state index contributed by atoms with van der Waals surface area (Å²) in [6.45, 7) is 8.44. The number of nitrogens with two attached hydrogens (primary N) is 1. The SMILES string of the molecule is CCCCCC1(CCN)CCOC(C)(C)C1. The number of hydrogen-bond acceptors (Lipinski definition) is 2. The van der Waals surface area contributed by atoms with Crippen LogP contribution >= 0.6 is 0 Å². The average molecular weight is 227 g/mol. The summed E-state index contributed by atoms with van der Waals surface area (Å²) in [5.41, 5.74) is 6.32. The van der Waals surface area contributed by atoms with Gasteiger partial charge in [0.25, 0.3) is 0 Å². The Hall–Kier alpha value is -0.0800. The minimum absolute atomic E-state index is 0.0552. The van der Waals surface area contributed by atoms with Crippen molar-refractivity contribution in [1.29, 1.82) is 0 Å². The van der Waals surface area contributed by atoms with Gasteiger partial charge in [0.05, 0.1) is 5.60 Å². The first-order chi connectivity index (χ1) is 7.54. The van der Waals surface area contributed by atoms with Crippen molar-refractivity contribution in [2.75, 3.05) is 13.2 Å². The summed E-state index contributed by atoms with van der Waals surface area (Å²) in [5.74, 6) is 0. The van der Waals surface area contributed by atoms with Gasteiger partial charge in [-0.2, -0.15) is 0 Å². The van der Waals surface area contributed by atoms with E-state index in [0.717, 1.165) is 13.2 Å². The Balaban J connectivity index is 2.56. The van der Waals surface area contributed by atoms with E-state index in [2.05, 4.69) is 20.8 Å². The number of ether oxygens (including phenoxy) is 1. The predicted molar refractivity (Wildman–Crippen MR) is 69.5 cm³/mol. The maximum atomic E-state index is 5.83. The molecular weight excluding hydrogens is 198 g/mol. The molecule has 0 radical (unpaired) electrons. The summed E-state index contributed by atoms with van der Waals surface area (Å²) < 4.78 is 5.83. The Labute approximate surface area is 101 Å². The largest absolute Gasteiger partial charge is 0.376 e. The summed E-state index contributed by atoms with van der Waals surface area (Å²) in [5, 5.41) is 0. The van der Waals surface area contributed by atoms with Crippen LogP contribution in [0, 0.1) is 5.41 Å². The van der Waals surface area contributed by atoms with Crippen LogP contribution in [0.3, 0.4) is 0 Å². The van der Waals surface area contributed by atoms with Crippen LogP contribution < -0.4 is 5.73 Å². The third-order valence-electron chi connectivity index (χ3n) is 3.91. The van der Waals surface area contributed by atoms with E-state index in [1.165, 1.54) is 44.9 Å². The maximum absolute atomic E-state index is 5.83. The third-order valence-corrected chi connectivity index (χ3v) is 3.91. The molecule has 0 aromatic carbocycles. The fourth-order valence-electron chi connectivity index (χ4n) is 3.19. The Kier molecular flexibility index (Phi) is 5.26.